The van der Waals surface area contributed by atoms with Gasteiger partial charge in [-0.15, -0.1) is 0 Å². The lowest BCUT2D eigenvalue weighted by atomic mass is 10.1. The molecule has 0 aromatic heterocycles. The number of nitrogens with one attached hydrogen (secondary N) is 2. The van der Waals surface area contributed by atoms with Crippen LogP contribution in [0.15, 0.2) is 48.5 Å². The van der Waals surface area contributed by atoms with Crippen molar-refractivity contribution in [3.63, 3.8) is 0 Å². The summed E-state index contributed by atoms with van der Waals surface area (Å²) in [6.45, 7) is 2.76. The maximum atomic E-state index is 14.2. The highest BCUT2D eigenvalue weighted by atomic mass is 19.4. The highest BCUT2D eigenvalue weighted by Crippen LogP contribution is 2.34. The zero-order valence-corrected chi connectivity index (χ0v) is 16.2. The summed E-state index contributed by atoms with van der Waals surface area (Å²) in [5.74, 6) is -3.65. The van der Waals surface area contributed by atoms with Crippen LogP contribution in [-0.2, 0) is 9.53 Å². The summed E-state index contributed by atoms with van der Waals surface area (Å²) < 4.78 is 65.5. The Morgan fingerprint density at radius 1 is 0.967 bits per heavy atom. The molecule has 10 heteroatoms. The van der Waals surface area contributed by atoms with Gasteiger partial charge in [0.2, 0.25) is 0 Å². The number of hydrogen-bond donors (Lipinski definition) is 2. The molecule has 30 heavy (non-hydrogen) atoms. The SMILES string of the molecule is CCOC(=O)[C@](NC(=O)c1ccccc1OCC)(Nc1ccc(F)cc1)C(F)(F)F. The number of para-hydroxylation sites is 1. The summed E-state index contributed by atoms with van der Waals surface area (Å²) in [5, 5.41) is 3.67. The molecule has 2 aromatic rings. The molecule has 0 fully saturated rings. The van der Waals surface area contributed by atoms with Crippen LogP contribution >= 0.6 is 0 Å². The number of rotatable bonds is 8. The van der Waals surface area contributed by atoms with Gasteiger partial charge < -0.3 is 20.1 Å². The number of amides is 1. The number of carbonyl (C=O) groups excluding carboxylic acids is 2. The average Bonchev–Trinajstić information content (AvgIpc) is 2.69. The molecule has 0 bridgehead atoms. The highest BCUT2D eigenvalue weighted by molar-refractivity contribution is 6.01. The van der Waals surface area contributed by atoms with Gasteiger partial charge >= 0.3 is 17.8 Å². The third kappa shape index (κ3) is 5.00. The number of ether oxygens (including phenoxy) is 2. The fourth-order valence-corrected chi connectivity index (χ4v) is 2.55. The van der Waals surface area contributed by atoms with Gasteiger partial charge in [-0.05, 0) is 50.2 Å². The quantitative estimate of drug-likeness (QED) is 0.379. The van der Waals surface area contributed by atoms with Crippen LogP contribution in [0, 0.1) is 5.82 Å². The first kappa shape index (κ1) is 23.0. The van der Waals surface area contributed by atoms with Gasteiger partial charge in [0.1, 0.15) is 11.6 Å². The van der Waals surface area contributed by atoms with E-state index in [0.717, 1.165) is 24.3 Å². The Morgan fingerprint density at radius 3 is 2.17 bits per heavy atom. The largest absolute Gasteiger partial charge is 0.493 e. The molecular weight excluding hydrogens is 408 g/mol. The van der Waals surface area contributed by atoms with E-state index in [1.54, 1.807) is 18.3 Å². The predicted molar refractivity (Wildman–Crippen MR) is 101 cm³/mol. The van der Waals surface area contributed by atoms with Gasteiger partial charge in [-0.3, -0.25) is 4.79 Å². The van der Waals surface area contributed by atoms with E-state index < -0.39 is 29.5 Å². The number of anilines is 1. The molecule has 0 unspecified atom stereocenters. The third-order valence-electron chi connectivity index (χ3n) is 3.92. The second-order valence-electron chi connectivity index (χ2n) is 5.98. The van der Waals surface area contributed by atoms with Crippen LogP contribution in [-0.4, -0.2) is 36.9 Å². The molecule has 2 aromatic carbocycles. The van der Waals surface area contributed by atoms with Gasteiger partial charge in [-0.25, -0.2) is 9.18 Å². The monoisotopic (exact) mass is 428 g/mol. The molecule has 162 valence electrons. The van der Waals surface area contributed by atoms with Crippen molar-refractivity contribution < 1.29 is 36.6 Å². The first-order chi connectivity index (χ1) is 14.1. The Bertz CT molecular complexity index is 887. The molecule has 6 nitrogen and oxygen atoms in total. The van der Waals surface area contributed by atoms with E-state index in [0.29, 0.717) is 0 Å². The van der Waals surface area contributed by atoms with Crippen LogP contribution in [0.3, 0.4) is 0 Å². The molecule has 0 heterocycles. The predicted octanol–water partition coefficient (Wildman–Crippen LogP) is 3.89. The Hall–Kier alpha value is -3.30. The zero-order chi connectivity index (χ0) is 22.4. The first-order valence-corrected chi connectivity index (χ1v) is 8.96. The number of hydrogen-bond acceptors (Lipinski definition) is 5. The lowest BCUT2D eigenvalue weighted by Crippen LogP contribution is -2.69. The average molecular weight is 428 g/mol. The molecule has 2 N–H and O–H groups in total. The maximum absolute atomic E-state index is 14.2. The lowest BCUT2D eigenvalue weighted by Gasteiger charge is -2.35. The van der Waals surface area contributed by atoms with Gasteiger partial charge in [0.15, 0.2) is 0 Å². The second kappa shape index (κ2) is 9.47. The van der Waals surface area contributed by atoms with Gasteiger partial charge in [0.05, 0.1) is 18.8 Å². The minimum atomic E-state index is -5.32. The Labute approximate surface area is 170 Å². The van der Waals surface area contributed by atoms with Crippen LogP contribution in [0.25, 0.3) is 0 Å². The van der Waals surface area contributed by atoms with Gasteiger partial charge in [-0.1, -0.05) is 12.1 Å². The van der Waals surface area contributed by atoms with E-state index in [4.69, 9.17) is 4.74 Å². The van der Waals surface area contributed by atoms with Crippen LogP contribution < -0.4 is 15.4 Å². The Balaban J connectivity index is 2.52. The van der Waals surface area contributed by atoms with Crippen molar-refractivity contribution in [2.24, 2.45) is 0 Å². The Morgan fingerprint density at radius 2 is 1.60 bits per heavy atom. The fraction of sp³-hybridized carbons (Fsp3) is 0.300. The summed E-state index contributed by atoms with van der Waals surface area (Å²) >= 11 is 0. The summed E-state index contributed by atoms with van der Waals surface area (Å²) in [6.07, 6.45) is -5.32. The van der Waals surface area contributed by atoms with Crippen molar-refractivity contribution in [3.05, 3.63) is 59.9 Å². The fourth-order valence-electron chi connectivity index (χ4n) is 2.55. The first-order valence-electron chi connectivity index (χ1n) is 8.96. The van der Waals surface area contributed by atoms with E-state index in [-0.39, 0.29) is 30.2 Å². The van der Waals surface area contributed by atoms with Crippen LogP contribution in [0.2, 0.25) is 0 Å². The van der Waals surface area contributed by atoms with Crippen molar-refractivity contribution in [1.29, 1.82) is 0 Å². The number of benzene rings is 2. The molecule has 1 atom stereocenters. The summed E-state index contributed by atoms with van der Waals surface area (Å²) in [4.78, 5) is 25.2. The number of alkyl halides is 3. The second-order valence-corrected chi connectivity index (χ2v) is 5.98. The normalized spacial score (nSPS) is 13.1. The Kier molecular flexibility index (Phi) is 7.25. The van der Waals surface area contributed by atoms with Gasteiger partial charge in [-0.2, -0.15) is 13.2 Å². The van der Waals surface area contributed by atoms with Gasteiger partial charge in [0.25, 0.3) is 5.91 Å². The van der Waals surface area contributed by atoms with Crippen molar-refractivity contribution in [3.8, 4) is 5.75 Å². The smallest absolute Gasteiger partial charge is 0.441 e. The van der Waals surface area contributed by atoms with E-state index >= 15 is 0 Å². The molecule has 2 rings (SSSR count). The maximum Gasteiger partial charge on any atom is 0.441 e. The minimum Gasteiger partial charge on any atom is -0.493 e. The van der Waals surface area contributed by atoms with E-state index in [1.807, 2.05) is 5.32 Å². The molecule has 0 aliphatic carbocycles. The van der Waals surface area contributed by atoms with Crippen molar-refractivity contribution >= 4 is 17.6 Å². The molecule has 0 aliphatic rings. The molecule has 0 spiro atoms. The molecular formula is C20H20F4N2O4. The van der Waals surface area contributed by atoms with Crippen LogP contribution in [0.4, 0.5) is 23.2 Å². The van der Waals surface area contributed by atoms with Crippen LogP contribution in [0.1, 0.15) is 24.2 Å². The highest BCUT2D eigenvalue weighted by Gasteiger charge is 2.63. The zero-order valence-electron chi connectivity index (χ0n) is 16.2. The number of esters is 1. The molecule has 0 saturated carbocycles. The van der Waals surface area contributed by atoms with Crippen LogP contribution in [0.5, 0.6) is 5.75 Å². The topological polar surface area (TPSA) is 76.7 Å². The lowest BCUT2D eigenvalue weighted by molar-refractivity contribution is -0.204. The summed E-state index contributed by atoms with van der Waals surface area (Å²) in [7, 11) is 0. The van der Waals surface area contributed by atoms with Gasteiger partial charge in [0, 0.05) is 5.69 Å². The van der Waals surface area contributed by atoms with Crippen molar-refractivity contribution in [2.75, 3.05) is 18.5 Å². The standard InChI is InChI=1S/C20H20F4N2O4/c1-3-29-16-8-6-5-7-15(16)17(27)26-19(20(22,23)24,18(28)30-4-2)25-14-11-9-13(21)10-12-14/h5-12,25H,3-4H2,1-2H3,(H,26,27)/t19-/m1/s1. The van der Waals surface area contributed by atoms with Crippen molar-refractivity contribution in [2.45, 2.75) is 25.7 Å². The number of carbonyl (C=O) groups is 2. The third-order valence-corrected chi connectivity index (χ3v) is 3.92. The van der Waals surface area contributed by atoms with E-state index in [9.17, 15) is 27.2 Å². The summed E-state index contributed by atoms with van der Waals surface area (Å²) in [5.41, 5.74) is -4.10. The van der Waals surface area contributed by atoms with Crippen molar-refractivity contribution in [1.82, 2.24) is 5.32 Å². The van der Waals surface area contributed by atoms with E-state index in [2.05, 4.69) is 4.74 Å². The molecule has 0 aliphatic heterocycles. The minimum absolute atomic E-state index is 0.0409. The summed E-state index contributed by atoms with van der Waals surface area (Å²) in [6, 6.07) is 9.44. The number of halogens is 4. The molecule has 1 amide bonds. The van der Waals surface area contributed by atoms with E-state index in [1.165, 1.54) is 25.1 Å². The molecule has 0 radical (unpaired) electrons. The molecule has 0 saturated heterocycles.